The Bertz CT molecular complexity index is 362. The predicted molar refractivity (Wildman–Crippen MR) is 75.4 cm³/mol. The van der Waals surface area contributed by atoms with Gasteiger partial charge >= 0.3 is 0 Å². The summed E-state index contributed by atoms with van der Waals surface area (Å²) in [5.41, 5.74) is 1.14. The minimum atomic E-state index is 0.544. The fourth-order valence-electron chi connectivity index (χ4n) is 2.04. The number of rotatable bonds is 6. The van der Waals surface area contributed by atoms with Crippen molar-refractivity contribution in [2.75, 3.05) is 45.7 Å². The highest BCUT2D eigenvalue weighted by molar-refractivity contribution is 5.49. The van der Waals surface area contributed by atoms with Crippen molar-refractivity contribution in [2.24, 2.45) is 0 Å². The number of anilines is 1. The summed E-state index contributed by atoms with van der Waals surface area (Å²) in [7, 11) is 4.10. The molecule has 1 fully saturated rings. The lowest BCUT2D eigenvalue weighted by molar-refractivity contribution is 0.261. The topological polar surface area (TPSA) is 36.5 Å². The van der Waals surface area contributed by atoms with E-state index >= 15 is 0 Å². The second kappa shape index (κ2) is 6.61. The predicted octanol–water partition coefficient (Wildman–Crippen LogP) is 1.40. The molecule has 0 saturated carbocycles. The van der Waals surface area contributed by atoms with E-state index in [-0.39, 0.29) is 0 Å². The van der Waals surface area contributed by atoms with Gasteiger partial charge in [-0.15, -0.1) is 0 Å². The number of hydrogen-bond acceptors (Lipinski definition) is 4. The Hall–Kier alpha value is -1.26. The number of ether oxygens (including phenoxy) is 1. The molecule has 4 nitrogen and oxygen atoms in total. The summed E-state index contributed by atoms with van der Waals surface area (Å²) in [6, 6.07) is 8.76. The summed E-state index contributed by atoms with van der Waals surface area (Å²) >= 11 is 0. The minimum Gasteiger partial charge on any atom is -0.492 e. The SMILES string of the molecule is CN(C)CCOc1cccc(NC2CCNC2)c1. The van der Waals surface area contributed by atoms with Crippen LogP contribution in [0.5, 0.6) is 5.75 Å². The maximum atomic E-state index is 5.72. The quantitative estimate of drug-likeness (QED) is 0.799. The van der Waals surface area contributed by atoms with Crippen molar-refractivity contribution >= 4 is 5.69 Å². The third-order valence-corrected chi connectivity index (χ3v) is 3.07. The van der Waals surface area contributed by atoms with Crippen molar-refractivity contribution in [3.63, 3.8) is 0 Å². The molecule has 0 spiro atoms. The number of benzene rings is 1. The Morgan fingerprint density at radius 1 is 1.44 bits per heavy atom. The van der Waals surface area contributed by atoms with Crippen LogP contribution in [0.3, 0.4) is 0 Å². The number of nitrogens with zero attached hydrogens (tertiary/aromatic N) is 1. The number of nitrogens with one attached hydrogen (secondary N) is 2. The van der Waals surface area contributed by atoms with Gasteiger partial charge in [0.2, 0.25) is 0 Å². The van der Waals surface area contributed by atoms with E-state index in [4.69, 9.17) is 4.74 Å². The summed E-state index contributed by atoms with van der Waals surface area (Å²) in [4.78, 5) is 2.12. The second-order valence-electron chi connectivity index (χ2n) is 5.01. The van der Waals surface area contributed by atoms with Crippen LogP contribution in [0.4, 0.5) is 5.69 Å². The van der Waals surface area contributed by atoms with Crippen molar-refractivity contribution in [1.29, 1.82) is 0 Å². The van der Waals surface area contributed by atoms with E-state index in [9.17, 15) is 0 Å². The lowest BCUT2D eigenvalue weighted by Crippen LogP contribution is -2.22. The van der Waals surface area contributed by atoms with Gasteiger partial charge in [-0.2, -0.15) is 0 Å². The van der Waals surface area contributed by atoms with E-state index in [0.29, 0.717) is 6.04 Å². The van der Waals surface area contributed by atoms with Gasteiger partial charge in [0.25, 0.3) is 0 Å². The van der Waals surface area contributed by atoms with Gasteiger partial charge in [-0.1, -0.05) is 6.07 Å². The molecular weight excluding hydrogens is 226 g/mol. The first-order chi connectivity index (χ1) is 8.74. The van der Waals surface area contributed by atoms with Gasteiger partial charge in [0.1, 0.15) is 12.4 Å². The van der Waals surface area contributed by atoms with Crippen LogP contribution in [0.1, 0.15) is 6.42 Å². The van der Waals surface area contributed by atoms with E-state index in [0.717, 1.165) is 37.7 Å². The average molecular weight is 249 g/mol. The van der Waals surface area contributed by atoms with Gasteiger partial charge in [-0.3, -0.25) is 0 Å². The molecule has 1 heterocycles. The normalized spacial score (nSPS) is 19.2. The molecule has 1 atom stereocenters. The largest absolute Gasteiger partial charge is 0.492 e. The van der Waals surface area contributed by atoms with Crippen LogP contribution in [0.25, 0.3) is 0 Å². The lowest BCUT2D eigenvalue weighted by Gasteiger charge is -2.15. The zero-order valence-electron chi connectivity index (χ0n) is 11.3. The van der Waals surface area contributed by atoms with Crippen LogP contribution in [0, 0.1) is 0 Å². The zero-order valence-corrected chi connectivity index (χ0v) is 11.3. The van der Waals surface area contributed by atoms with E-state index < -0.39 is 0 Å². The Balaban J connectivity index is 1.84. The highest BCUT2D eigenvalue weighted by Gasteiger charge is 2.13. The first-order valence-electron chi connectivity index (χ1n) is 6.59. The Morgan fingerprint density at radius 3 is 3.06 bits per heavy atom. The highest BCUT2D eigenvalue weighted by atomic mass is 16.5. The zero-order chi connectivity index (χ0) is 12.8. The first kappa shape index (κ1) is 13.2. The smallest absolute Gasteiger partial charge is 0.121 e. The Kier molecular flexibility index (Phi) is 4.84. The maximum Gasteiger partial charge on any atom is 0.121 e. The summed E-state index contributed by atoms with van der Waals surface area (Å²) in [5, 5.41) is 6.88. The van der Waals surface area contributed by atoms with Gasteiger partial charge in [0.05, 0.1) is 0 Å². The summed E-state index contributed by atoms with van der Waals surface area (Å²) in [6.45, 7) is 3.81. The van der Waals surface area contributed by atoms with Crippen molar-refractivity contribution in [3.8, 4) is 5.75 Å². The highest BCUT2D eigenvalue weighted by Crippen LogP contribution is 2.19. The third-order valence-electron chi connectivity index (χ3n) is 3.07. The molecule has 1 aliphatic heterocycles. The molecule has 100 valence electrons. The molecular formula is C14H23N3O. The van der Waals surface area contributed by atoms with Crippen molar-refractivity contribution < 1.29 is 4.74 Å². The molecule has 1 aliphatic rings. The van der Waals surface area contributed by atoms with Gasteiger partial charge in [-0.25, -0.2) is 0 Å². The molecule has 0 aliphatic carbocycles. The molecule has 2 N–H and O–H groups in total. The van der Waals surface area contributed by atoms with Crippen molar-refractivity contribution in [1.82, 2.24) is 10.2 Å². The fraction of sp³-hybridized carbons (Fsp3) is 0.571. The average Bonchev–Trinajstić information content (AvgIpc) is 2.82. The molecule has 1 aromatic rings. The third kappa shape index (κ3) is 4.20. The standard InChI is InChI=1S/C14H23N3O/c1-17(2)8-9-18-14-5-3-4-12(10-14)16-13-6-7-15-11-13/h3-5,10,13,15-16H,6-9,11H2,1-2H3. The minimum absolute atomic E-state index is 0.544. The summed E-state index contributed by atoms with van der Waals surface area (Å²) in [6.07, 6.45) is 1.19. The molecule has 2 rings (SSSR count). The fourth-order valence-corrected chi connectivity index (χ4v) is 2.04. The monoisotopic (exact) mass is 249 g/mol. The summed E-state index contributed by atoms with van der Waals surface area (Å²) in [5.74, 6) is 0.938. The molecule has 18 heavy (non-hydrogen) atoms. The molecule has 1 unspecified atom stereocenters. The van der Waals surface area contributed by atoms with Gasteiger partial charge < -0.3 is 20.3 Å². The van der Waals surface area contributed by atoms with Crippen molar-refractivity contribution in [2.45, 2.75) is 12.5 Å². The van der Waals surface area contributed by atoms with E-state index in [1.54, 1.807) is 0 Å². The van der Waals surface area contributed by atoms with E-state index in [1.165, 1.54) is 6.42 Å². The molecule has 1 saturated heterocycles. The van der Waals surface area contributed by atoms with E-state index in [1.807, 2.05) is 12.1 Å². The maximum absolute atomic E-state index is 5.72. The lowest BCUT2D eigenvalue weighted by atomic mass is 10.2. The van der Waals surface area contributed by atoms with Crippen LogP contribution in [0.15, 0.2) is 24.3 Å². The van der Waals surface area contributed by atoms with Gasteiger partial charge in [0.15, 0.2) is 0 Å². The van der Waals surface area contributed by atoms with Crippen LogP contribution in [0.2, 0.25) is 0 Å². The first-order valence-corrected chi connectivity index (χ1v) is 6.59. The second-order valence-corrected chi connectivity index (χ2v) is 5.01. The number of likely N-dealkylation sites (N-methyl/N-ethyl adjacent to an activating group) is 1. The molecule has 4 heteroatoms. The molecule has 1 aromatic carbocycles. The number of hydrogen-bond donors (Lipinski definition) is 2. The van der Waals surface area contributed by atoms with Crippen LogP contribution in [-0.2, 0) is 0 Å². The van der Waals surface area contributed by atoms with Gasteiger partial charge in [0, 0.05) is 30.9 Å². The molecule has 0 radical (unpaired) electrons. The van der Waals surface area contributed by atoms with Crippen molar-refractivity contribution in [3.05, 3.63) is 24.3 Å². The Morgan fingerprint density at radius 2 is 2.33 bits per heavy atom. The van der Waals surface area contributed by atoms with E-state index in [2.05, 4.69) is 41.8 Å². The molecule has 0 aromatic heterocycles. The van der Waals surface area contributed by atoms with Crippen LogP contribution < -0.4 is 15.4 Å². The van der Waals surface area contributed by atoms with Gasteiger partial charge in [-0.05, 0) is 39.2 Å². The molecule has 0 bridgehead atoms. The van der Waals surface area contributed by atoms with Crippen LogP contribution >= 0.6 is 0 Å². The Labute approximate surface area is 109 Å². The van der Waals surface area contributed by atoms with Crippen LogP contribution in [-0.4, -0.2) is 51.3 Å². The molecule has 0 amide bonds. The summed E-state index contributed by atoms with van der Waals surface area (Å²) < 4.78 is 5.72.